The molecule has 0 aliphatic heterocycles. The summed E-state index contributed by atoms with van der Waals surface area (Å²) in [4.78, 5) is 12.8. The topological polar surface area (TPSA) is 55.1 Å². The van der Waals surface area contributed by atoms with E-state index >= 15 is 0 Å². The number of rotatable bonds is 7. The summed E-state index contributed by atoms with van der Waals surface area (Å²) in [6.07, 6.45) is 1.90. The fraction of sp³-hybridized carbons (Fsp3) is 0.312. The van der Waals surface area contributed by atoms with E-state index in [9.17, 15) is 4.79 Å². The summed E-state index contributed by atoms with van der Waals surface area (Å²) >= 11 is 1.57. The number of carbonyl (C=O) groups is 1. The lowest BCUT2D eigenvalue weighted by Gasteiger charge is -2.05. The normalized spacial score (nSPS) is 10.1. The molecule has 0 radical (unpaired) electrons. The highest BCUT2D eigenvalue weighted by atomic mass is 35.5. The second-order valence-electron chi connectivity index (χ2n) is 4.64. The van der Waals surface area contributed by atoms with E-state index in [2.05, 4.69) is 35.6 Å². The molecular weight excluding hydrogens is 304 g/mol. The van der Waals surface area contributed by atoms with Crippen LogP contribution in [-0.4, -0.2) is 24.7 Å². The van der Waals surface area contributed by atoms with Crippen LogP contribution in [0.2, 0.25) is 0 Å². The number of carbonyl (C=O) groups excluding carboxylic acids is 1. The molecule has 0 aliphatic carbocycles. The number of nitrogens with two attached hydrogens (primary N) is 1. The lowest BCUT2D eigenvalue weighted by atomic mass is 10.1. The molecule has 0 heterocycles. The molecule has 2 aromatic rings. The number of fused-ring (bicyclic) bond motifs is 1. The summed E-state index contributed by atoms with van der Waals surface area (Å²) in [7, 11) is 0. The first-order chi connectivity index (χ1) is 9.79. The van der Waals surface area contributed by atoms with Crippen LogP contribution in [0.25, 0.3) is 10.8 Å². The van der Waals surface area contributed by atoms with E-state index < -0.39 is 0 Å². The second-order valence-corrected chi connectivity index (χ2v) is 5.69. The summed E-state index contributed by atoms with van der Waals surface area (Å²) in [6.45, 7) is 1.40. The SMILES string of the molecule is Cl.NCCCCNC(=O)CSc1ccc2ccccc2c1. The molecule has 0 aromatic heterocycles. The maximum Gasteiger partial charge on any atom is 0.230 e. The van der Waals surface area contributed by atoms with Crippen molar-refractivity contribution >= 4 is 40.8 Å². The van der Waals surface area contributed by atoms with Crippen LogP contribution in [-0.2, 0) is 4.79 Å². The van der Waals surface area contributed by atoms with Crippen molar-refractivity contribution in [1.82, 2.24) is 5.32 Å². The summed E-state index contributed by atoms with van der Waals surface area (Å²) in [5.74, 6) is 0.543. The van der Waals surface area contributed by atoms with Crippen molar-refractivity contribution in [2.45, 2.75) is 17.7 Å². The van der Waals surface area contributed by atoms with Gasteiger partial charge in [0, 0.05) is 11.4 Å². The van der Waals surface area contributed by atoms with Crippen LogP contribution in [0.1, 0.15) is 12.8 Å². The van der Waals surface area contributed by atoms with E-state index in [-0.39, 0.29) is 18.3 Å². The van der Waals surface area contributed by atoms with Crippen molar-refractivity contribution in [3.8, 4) is 0 Å². The third-order valence-electron chi connectivity index (χ3n) is 3.04. The molecule has 0 bridgehead atoms. The van der Waals surface area contributed by atoms with Crippen LogP contribution in [0, 0.1) is 0 Å². The van der Waals surface area contributed by atoms with Gasteiger partial charge in [-0.25, -0.2) is 0 Å². The van der Waals surface area contributed by atoms with Gasteiger partial charge in [0.05, 0.1) is 5.75 Å². The minimum absolute atomic E-state index is 0. The molecule has 0 aliphatic rings. The van der Waals surface area contributed by atoms with Crippen molar-refractivity contribution in [2.24, 2.45) is 5.73 Å². The predicted molar refractivity (Wildman–Crippen MR) is 93.2 cm³/mol. The predicted octanol–water partition coefficient (Wildman–Crippen LogP) is 3.21. The van der Waals surface area contributed by atoms with Crippen molar-refractivity contribution in [2.75, 3.05) is 18.8 Å². The van der Waals surface area contributed by atoms with E-state index in [1.54, 1.807) is 11.8 Å². The third kappa shape index (κ3) is 5.96. The lowest BCUT2D eigenvalue weighted by molar-refractivity contribution is -0.118. The number of benzene rings is 2. The highest BCUT2D eigenvalue weighted by molar-refractivity contribution is 8.00. The molecule has 0 unspecified atom stereocenters. The van der Waals surface area contributed by atoms with Gasteiger partial charge in [-0.3, -0.25) is 4.79 Å². The molecular formula is C16H21ClN2OS. The van der Waals surface area contributed by atoms with Gasteiger partial charge in [-0.05, 0) is 42.3 Å². The molecule has 2 aromatic carbocycles. The van der Waals surface area contributed by atoms with Crippen LogP contribution >= 0.6 is 24.2 Å². The van der Waals surface area contributed by atoms with Crippen LogP contribution in [0.4, 0.5) is 0 Å². The number of thioether (sulfide) groups is 1. The molecule has 114 valence electrons. The molecule has 0 atom stereocenters. The number of hydrogen-bond donors (Lipinski definition) is 2. The third-order valence-corrected chi connectivity index (χ3v) is 4.04. The highest BCUT2D eigenvalue weighted by Gasteiger charge is 2.03. The summed E-state index contributed by atoms with van der Waals surface area (Å²) < 4.78 is 0. The minimum Gasteiger partial charge on any atom is -0.355 e. The Morgan fingerprint density at radius 2 is 1.86 bits per heavy atom. The number of nitrogens with one attached hydrogen (secondary N) is 1. The Labute approximate surface area is 136 Å². The van der Waals surface area contributed by atoms with Gasteiger partial charge in [-0.15, -0.1) is 24.2 Å². The zero-order chi connectivity index (χ0) is 14.2. The molecule has 0 saturated heterocycles. The molecule has 5 heteroatoms. The standard InChI is InChI=1S/C16H20N2OS.ClH/c17-9-3-4-10-18-16(19)12-20-15-8-7-13-5-1-2-6-14(13)11-15;/h1-2,5-8,11H,3-4,9-10,12,17H2,(H,18,19);1H. The Morgan fingerprint density at radius 3 is 2.62 bits per heavy atom. The number of halogens is 1. The monoisotopic (exact) mass is 324 g/mol. The molecule has 1 amide bonds. The summed E-state index contributed by atoms with van der Waals surface area (Å²) in [5.41, 5.74) is 5.41. The molecule has 2 rings (SSSR count). The number of unbranched alkanes of at least 4 members (excludes halogenated alkanes) is 1. The largest absolute Gasteiger partial charge is 0.355 e. The molecule has 3 N–H and O–H groups in total. The van der Waals surface area contributed by atoms with Crippen LogP contribution in [0.5, 0.6) is 0 Å². The Morgan fingerprint density at radius 1 is 1.10 bits per heavy atom. The average Bonchev–Trinajstić information content (AvgIpc) is 2.49. The first-order valence-corrected chi connectivity index (χ1v) is 7.86. The van der Waals surface area contributed by atoms with Gasteiger partial charge < -0.3 is 11.1 Å². The Hall–Kier alpha value is -1.23. The number of hydrogen-bond acceptors (Lipinski definition) is 3. The van der Waals surface area contributed by atoms with Gasteiger partial charge >= 0.3 is 0 Å². The maximum atomic E-state index is 11.7. The quantitative estimate of drug-likeness (QED) is 0.607. The smallest absolute Gasteiger partial charge is 0.230 e. The molecule has 0 fully saturated rings. The number of amides is 1. The van der Waals surface area contributed by atoms with E-state index in [1.807, 2.05) is 12.1 Å². The van der Waals surface area contributed by atoms with Gasteiger partial charge in [0.2, 0.25) is 5.91 Å². The van der Waals surface area contributed by atoms with E-state index in [1.165, 1.54) is 10.8 Å². The lowest BCUT2D eigenvalue weighted by Crippen LogP contribution is -2.26. The zero-order valence-corrected chi connectivity index (χ0v) is 13.5. The fourth-order valence-electron chi connectivity index (χ4n) is 1.95. The van der Waals surface area contributed by atoms with E-state index in [4.69, 9.17) is 5.73 Å². The van der Waals surface area contributed by atoms with Gasteiger partial charge in [-0.2, -0.15) is 0 Å². The summed E-state index contributed by atoms with van der Waals surface area (Å²) in [5, 5.41) is 5.34. The maximum absolute atomic E-state index is 11.7. The minimum atomic E-state index is 0. The molecule has 21 heavy (non-hydrogen) atoms. The van der Waals surface area contributed by atoms with Gasteiger partial charge in [0.25, 0.3) is 0 Å². The zero-order valence-electron chi connectivity index (χ0n) is 11.9. The van der Waals surface area contributed by atoms with Crippen molar-refractivity contribution in [1.29, 1.82) is 0 Å². The second kappa shape index (κ2) is 9.66. The Balaban J connectivity index is 0.00000220. The van der Waals surface area contributed by atoms with Crippen molar-refractivity contribution < 1.29 is 4.79 Å². The molecule has 3 nitrogen and oxygen atoms in total. The average molecular weight is 325 g/mol. The van der Waals surface area contributed by atoms with Crippen LogP contribution in [0.3, 0.4) is 0 Å². The van der Waals surface area contributed by atoms with Crippen molar-refractivity contribution in [3.05, 3.63) is 42.5 Å². The Kier molecular flexibility index (Phi) is 8.20. The van der Waals surface area contributed by atoms with E-state index in [0.717, 1.165) is 17.7 Å². The first kappa shape index (κ1) is 17.8. The fourth-order valence-corrected chi connectivity index (χ4v) is 2.73. The summed E-state index contributed by atoms with van der Waals surface area (Å²) in [6, 6.07) is 14.5. The van der Waals surface area contributed by atoms with Gasteiger partial charge in [0.1, 0.15) is 0 Å². The molecule has 0 spiro atoms. The highest BCUT2D eigenvalue weighted by Crippen LogP contribution is 2.23. The van der Waals surface area contributed by atoms with E-state index in [0.29, 0.717) is 18.8 Å². The van der Waals surface area contributed by atoms with Crippen molar-refractivity contribution in [3.63, 3.8) is 0 Å². The van der Waals surface area contributed by atoms with Gasteiger partial charge in [0.15, 0.2) is 0 Å². The van der Waals surface area contributed by atoms with Gasteiger partial charge in [-0.1, -0.05) is 30.3 Å². The van der Waals surface area contributed by atoms with Crippen LogP contribution in [0.15, 0.2) is 47.4 Å². The first-order valence-electron chi connectivity index (χ1n) is 6.88. The molecule has 0 saturated carbocycles. The Bertz CT molecular complexity index is 577. The van der Waals surface area contributed by atoms with Crippen LogP contribution < -0.4 is 11.1 Å².